The van der Waals surface area contributed by atoms with E-state index in [-0.39, 0.29) is 5.91 Å². The molecule has 0 unspecified atom stereocenters. The van der Waals surface area contributed by atoms with Crippen LogP contribution < -0.4 is 10.1 Å². The van der Waals surface area contributed by atoms with Gasteiger partial charge in [-0.2, -0.15) is 0 Å². The number of anilines is 1. The molecule has 0 aromatic heterocycles. The van der Waals surface area contributed by atoms with Crippen molar-refractivity contribution in [3.8, 4) is 5.75 Å². The number of methoxy groups -OCH3 is 1. The van der Waals surface area contributed by atoms with Gasteiger partial charge in [0.25, 0.3) is 0 Å². The highest BCUT2D eigenvalue weighted by Crippen LogP contribution is 2.27. The third kappa shape index (κ3) is 4.10. The van der Waals surface area contributed by atoms with Gasteiger partial charge in [0.05, 0.1) is 12.1 Å². The number of ether oxygens (including phenoxy) is 1. The molecule has 4 heteroatoms. The van der Waals surface area contributed by atoms with Crippen LogP contribution in [-0.4, -0.2) is 13.0 Å². The summed E-state index contributed by atoms with van der Waals surface area (Å²) >= 11 is 6.01. The van der Waals surface area contributed by atoms with Crippen LogP contribution >= 0.6 is 11.6 Å². The molecule has 1 amide bonds. The predicted molar refractivity (Wildman–Crippen MR) is 86.8 cm³/mol. The van der Waals surface area contributed by atoms with E-state index < -0.39 is 0 Å². The van der Waals surface area contributed by atoms with Gasteiger partial charge in [0.15, 0.2) is 0 Å². The number of benzene rings is 2. The number of nitrogens with one attached hydrogen (secondary N) is 1. The quantitative estimate of drug-likeness (QED) is 0.855. The standard InChI is InChI=1S/C17H16ClNO2/c1-12-5-3-4-6-13(12)7-10-17(20)19-14-8-9-16(21-2)15(18)11-14/h3-11H,1-2H3,(H,19,20)/b10-7+. The van der Waals surface area contributed by atoms with Crippen LogP contribution in [0.15, 0.2) is 48.5 Å². The molecule has 0 saturated heterocycles. The van der Waals surface area contributed by atoms with Crippen molar-refractivity contribution in [2.24, 2.45) is 0 Å². The van der Waals surface area contributed by atoms with Gasteiger partial charge in [0.2, 0.25) is 5.91 Å². The first-order valence-corrected chi connectivity index (χ1v) is 6.86. The van der Waals surface area contributed by atoms with Gasteiger partial charge in [-0.1, -0.05) is 35.9 Å². The van der Waals surface area contributed by atoms with Crippen molar-refractivity contribution in [3.63, 3.8) is 0 Å². The van der Waals surface area contributed by atoms with E-state index in [1.807, 2.05) is 31.2 Å². The van der Waals surface area contributed by atoms with Gasteiger partial charge in [0, 0.05) is 11.8 Å². The van der Waals surface area contributed by atoms with Crippen LogP contribution in [-0.2, 0) is 4.79 Å². The molecule has 0 aliphatic heterocycles. The van der Waals surface area contributed by atoms with Crippen LogP contribution in [0.5, 0.6) is 5.75 Å². The van der Waals surface area contributed by atoms with Gasteiger partial charge in [-0.15, -0.1) is 0 Å². The topological polar surface area (TPSA) is 38.3 Å². The number of aryl methyl sites for hydroxylation is 1. The zero-order valence-corrected chi connectivity index (χ0v) is 12.6. The van der Waals surface area contributed by atoms with Gasteiger partial charge in [-0.25, -0.2) is 0 Å². The van der Waals surface area contributed by atoms with Crippen molar-refractivity contribution in [2.75, 3.05) is 12.4 Å². The SMILES string of the molecule is COc1ccc(NC(=O)/C=C/c2ccccc2C)cc1Cl. The Kier molecular flexibility index (Phi) is 5.01. The molecule has 0 saturated carbocycles. The fourth-order valence-electron chi connectivity index (χ4n) is 1.87. The molecule has 0 atom stereocenters. The highest BCUT2D eigenvalue weighted by molar-refractivity contribution is 6.32. The Labute approximate surface area is 129 Å². The van der Waals surface area contributed by atoms with Crippen molar-refractivity contribution in [1.29, 1.82) is 0 Å². The normalized spacial score (nSPS) is 10.6. The summed E-state index contributed by atoms with van der Waals surface area (Å²) in [5.74, 6) is 0.365. The van der Waals surface area contributed by atoms with E-state index in [0.717, 1.165) is 11.1 Å². The fraction of sp³-hybridized carbons (Fsp3) is 0.118. The molecule has 2 rings (SSSR count). The molecule has 108 valence electrons. The van der Waals surface area contributed by atoms with Crippen LogP contribution in [0.4, 0.5) is 5.69 Å². The maximum absolute atomic E-state index is 11.9. The molecule has 3 nitrogen and oxygen atoms in total. The van der Waals surface area contributed by atoms with Gasteiger partial charge >= 0.3 is 0 Å². The molecule has 0 heterocycles. The van der Waals surface area contributed by atoms with E-state index in [1.54, 1.807) is 31.4 Å². The predicted octanol–water partition coefficient (Wildman–Crippen LogP) is 4.31. The highest BCUT2D eigenvalue weighted by Gasteiger charge is 2.03. The van der Waals surface area contributed by atoms with Crippen LogP contribution in [0, 0.1) is 6.92 Å². The Hall–Kier alpha value is -2.26. The fourth-order valence-corrected chi connectivity index (χ4v) is 2.13. The summed E-state index contributed by atoms with van der Waals surface area (Å²) < 4.78 is 5.06. The van der Waals surface area contributed by atoms with Crippen molar-refractivity contribution < 1.29 is 9.53 Å². The molecule has 2 aromatic rings. The van der Waals surface area contributed by atoms with E-state index in [9.17, 15) is 4.79 Å². The van der Waals surface area contributed by atoms with Crippen molar-refractivity contribution >= 4 is 29.3 Å². The van der Waals surface area contributed by atoms with Crippen LogP contribution in [0.1, 0.15) is 11.1 Å². The first kappa shape index (κ1) is 15.1. The van der Waals surface area contributed by atoms with Crippen LogP contribution in [0.25, 0.3) is 6.08 Å². The maximum Gasteiger partial charge on any atom is 0.248 e. The lowest BCUT2D eigenvalue weighted by Crippen LogP contribution is -2.07. The molecule has 0 bridgehead atoms. The van der Waals surface area contributed by atoms with Crippen LogP contribution in [0.2, 0.25) is 5.02 Å². The summed E-state index contributed by atoms with van der Waals surface area (Å²) in [6, 6.07) is 13.0. The minimum atomic E-state index is -0.209. The van der Waals surface area contributed by atoms with Gasteiger partial charge < -0.3 is 10.1 Å². The molecule has 0 fully saturated rings. The van der Waals surface area contributed by atoms with Gasteiger partial charge in [-0.05, 0) is 42.3 Å². The van der Waals surface area contributed by atoms with E-state index in [1.165, 1.54) is 6.08 Å². The molecule has 2 aromatic carbocycles. The Bertz CT molecular complexity index is 680. The monoisotopic (exact) mass is 301 g/mol. The van der Waals surface area contributed by atoms with Gasteiger partial charge in [-0.3, -0.25) is 4.79 Å². The second kappa shape index (κ2) is 6.95. The van der Waals surface area contributed by atoms with Crippen molar-refractivity contribution in [1.82, 2.24) is 0 Å². The smallest absolute Gasteiger partial charge is 0.248 e. The Morgan fingerprint density at radius 2 is 2.00 bits per heavy atom. The molecule has 21 heavy (non-hydrogen) atoms. The highest BCUT2D eigenvalue weighted by atomic mass is 35.5. The Balaban J connectivity index is 2.05. The number of amides is 1. The second-order valence-corrected chi connectivity index (χ2v) is 4.94. The molecular formula is C17H16ClNO2. The minimum absolute atomic E-state index is 0.209. The number of carbonyl (C=O) groups excluding carboxylic acids is 1. The number of carbonyl (C=O) groups is 1. The number of hydrogen-bond donors (Lipinski definition) is 1. The summed E-state index contributed by atoms with van der Waals surface area (Å²) in [7, 11) is 1.55. The lowest BCUT2D eigenvalue weighted by Gasteiger charge is -2.06. The first-order valence-electron chi connectivity index (χ1n) is 6.48. The largest absolute Gasteiger partial charge is 0.495 e. The molecule has 0 spiro atoms. The maximum atomic E-state index is 11.9. The third-order valence-corrected chi connectivity index (χ3v) is 3.32. The molecule has 0 aliphatic rings. The summed E-state index contributed by atoms with van der Waals surface area (Å²) in [6.07, 6.45) is 3.29. The molecule has 0 aliphatic carbocycles. The first-order chi connectivity index (χ1) is 10.1. The number of rotatable bonds is 4. The molecule has 1 N–H and O–H groups in total. The summed E-state index contributed by atoms with van der Waals surface area (Å²) in [6.45, 7) is 2.00. The van der Waals surface area contributed by atoms with E-state index in [0.29, 0.717) is 16.5 Å². The van der Waals surface area contributed by atoms with Crippen molar-refractivity contribution in [3.05, 3.63) is 64.7 Å². The Morgan fingerprint density at radius 1 is 1.24 bits per heavy atom. The van der Waals surface area contributed by atoms with E-state index in [4.69, 9.17) is 16.3 Å². The molecular weight excluding hydrogens is 286 g/mol. The zero-order chi connectivity index (χ0) is 15.2. The second-order valence-electron chi connectivity index (χ2n) is 4.53. The minimum Gasteiger partial charge on any atom is -0.495 e. The van der Waals surface area contributed by atoms with Crippen LogP contribution in [0.3, 0.4) is 0 Å². The van der Waals surface area contributed by atoms with E-state index in [2.05, 4.69) is 5.32 Å². The number of hydrogen-bond acceptors (Lipinski definition) is 2. The molecule has 0 radical (unpaired) electrons. The average Bonchev–Trinajstić information content (AvgIpc) is 2.46. The Morgan fingerprint density at radius 3 is 2.67 bits per heavy atom. The zero-order valence-electron chi connectivity index (χ0n) is 11.9. The third-order valence-electron chi connectivity index (χ3n) is 3.02. The lowest BCUT2D eigenvalue weighted by atomic mass is 10.1. The average molecular weight is 302 g/mol. The number of halogens is 1. The summed E-state index contributed by atoms with van der Waals surface area (Å²) in [4.78, 5) is 11.9. The summed E-state index contributed by atoms with van der Waals surface area (Å²) in [5.41, 5.74) is 2.76. The lowest BCUT2D eigenvalue weighted by molar-refractivity contribution is -0.111. The van der Waals surface area contributed by atoms with E-state index >= 15 is 0 Å². The summed E-state index contributed by atoms with van der Waals surface area (Å²) in [5, 5.41) is 3.21. The van der Waals surface area contributed by atoms with Gasteiger partial charge in [0.1, 0.15) is 5.75 Å². The van der Waals surface area contributed by atoms with Crippen molar-refractivity contribution in [2.45, 2.75) is 6.92 Å².